The number of amides is 1. The van der Waals surface area contributed by atoms with Crippen LogP contribution in [0.2, 0.25) is 0 Å². The molecular weight excluding hydrogens is 343 g/mol. The number of nitrogens with zero attached hydrogens (tertiary/aromatic N) is 3. The smallest absolute Gasteiger partial charge is 0.221 e. The number of benzene rings is 1. The van der Waals surface area contributed by atoms with Gasteiger partial charge in [0.25, 0.3) is 0 Å². The maximum absolute atomic E-state index is 14.1. The molecule has 0 unspecified atom stereocenters. The summed E-state index contributed by atoms with van der Waals surface area (Å²) in [6.45, 7) is 4.10. The maximum Gasteiger partial charge on any atom is 0.221 e. The lowest BCUT2D eigenvalue weighted by Gasteiger charge is -2.07. The van der Waals surface area contributed by atoms with Crippen molar-refractivity contribution in [1.29, 1.82) is 0 Å². The summed E-state index contributed by atoms with van der Waals surface area (Å²) in [5.74, 6) is 0.279. The fourth-order valence-electron chi connectivity index (χ4n) is 2.58. The summed E-state index contributed by atoms with van der Waals surface area (Å²) in [6.07, 6.45) is 2.27. The first-order valence-electron chi connectivity index (χ1n) is 8.15. The Labute approximate surface area is 149 Å². The minimum atomic E-state index is -0.646. The third-order valence-corrected chi connectivity index (χ3v) is 4.89. The molecular formula is C17H19FN4O2S. The summed E-state index contributed by atoms with van der Waals surface area (Å²) in [6, 6.07) is 4.06. The van der Waals surface area contributed by atoms with Crippen molar-refractivity contribution < 1.29 is 14.0 Å². The number of rotatable bonds is 7. The Morgan fingerprint density at radius 2 is 2.12 bits per heavy atom. The molecule has 2 aromatic rings. The van der Waals surface area contributed by atoms with Crippen LogP contribution in [0.25, 0.3) is 0 Å². The van der Waals surface area contributed by atoms with E-state index in [2.05, 4.69) is 15.5 Å². The topological polar surface area (TPSA) is 76.9 Å². The number of carbonyl (C=O) groups excluding carboxylic acids is 2. The van der Waals surface area contributed by atoms with Gasteiger partial charge in [-0.15, -0.1) is 10.2 Å². The number of hydrogen-bond donors (Lipinski definition) is 1. The Balaban J connectivity index is 1.67. The standard InChI is InChI=1S/C17H19FN4O2S/c1-3-22-16(11-4-5-11)20-21-17(22)25-9-15(24)13-7-6-12(8-14(13)18)19-10(2)23/h6-8,11H,3-5,9H2,1-2H3,(H,19,23). The molecule has 6 nitrogen and oxygen atoms in total. The summed E-state index contributed by atoms with van der Waals surface area (Å²) in [7, 11) is 0. The Kier molecular flexibility index (Phi) is 5.17. The Hall–Kier alpha value is -2.22. The number of nitrogens with one attached hydrogen (secondary N) is 1. The van der Waals surface area contributed by atoms with Gasteiger partial charge in [-0.3, -0.25) is 9.59 Å². The highest BCUT2D eigenvalue weighted by atomic mass is 32.2. The minimum Gasteiger partial charge on any atom is -0.326 e. The SMILES string of the molecule is CCn1c(SCC(=O)c2ccc(NC(C)=O)cc2F)nnc1C1CC1. The van der Waals surface area contributed by atoms with Crippen molar-refractivity contribution in [2.75, 3.05) is 11.1 Å². The van der Waals surface area contributed by atoms with Gasteiger partial charge in [0.05, 0.1) is 11.3 Å². The normalized spacial score (nSPS) is 13.7. The van der Waals surface area contributed by atoms with Gasteiger partial charge in [-0.2, -0.15) is 0 Å². The van der Waals surface area contributed by atoms with Crippen LogP contribution in [0.5, 0.6) is 0 Å². The number of halogens is 1. The van der Waals surface area contributed by atoms with E-state index in [0.29, 0.717) is 16.8 Å². The van der Waals surface area contributed by atoms with E-state index in [1.165, 1.54) is 30.8 Å². The van der Waals surface area contributed by atoms with E-state index in [4.69, 9.17) is 0 Å². The lowest BCUT2D eigenvalue weighted by atomic mass is 10.1. The number of thioether (sulfide) groups is 1. The van der Waals surface area contributed by atoms with Crippen molar-refractivity contribution in [2.24, 2.45) is 0 Å². The number of hydrogen-bond acceptors (Lipinski definition) is 5. The van der Waals surface area contributed by atoms with E-state index in [1.54, 1.807) is 0 Å². The highest BCUT2D eigenvalue weighted by Gasteiger charge is 2.30. The highest BCUT2D eigenvalue weighted by Crippen LogP contribution is 2.40. The van der Waals surface area contributed by atoms with Crippen molar-refractivity contribution in [3.05, 3.63) is 35.4 Å². The number of aromatic nitrogens is 3. The average molecular weight is 362 g/mol. The summed E-state index contributed by atoms with van der Waals surface area (Å²) in [5.41, 5.74) is 0.334. The number of carbonyl (C=O) groups is 2. The van der Waals surface area contributed by atoms with Crippen LogP contribution in [-0.4, -0.2) is 32.2 Å². The second-order valence-electron chi connectivity index (χ2n) is 5.95. The lowest BCUT2D eigenvalue weighted by molar-refractivity contribution is -0.114. The summed E-state index contributed by atoms with van der Waals surface area (Å²) in [5, 5.41) is 11.6. The molecule has 1 amide bonds. The van der Waals surface area contributed by atoms with E-state index in [1.807, 2.05) is 11.5 Å². The first-order valence-corrected chi connectivity index (χ1v) is 9.14. The van der Waals surface area contributed by atoms with Crippen molar-refractivity contribution in [2.45, 2.75) is 44.3 Å². The zero-order chi connectivity index (χ0) is 18.0. The van der Waals surface area contributed by atoms with Crippen LogP contribution >= 0.6 is 11.8 Å². The van der Waals surface area contributed by atoms with Crippen molar-refractivity contribution >= 4 is 29.1 Å². The first kappa shape index (κ1) is 17.6. The second-order valence-corrected chi connectivity index (χ2v) is 6.89. The largest absolute Gasteiger partial charge is 0.326 e. The molecule has 132 valence electrons. The first-order chi connectivity index (χ1) is 12.0. The van der Waals surface area contributed by atoms with Crippen LogP contribution in [0, 0.1) is 5.82 Å². The van der Waals surface area contributed by atoms with E-state index >= 15 is 0 Å². The average Bonchev–Trinajstić information content (AvgIpc) is 3.32. The van der Waals surface area contributed by atoms with Gasteiger partial charge in [0, 0.05) is 25.1 Å². The minimum absolute atomic E-state index is 0.00609. The maximum atomic E-state index is 14.1. The molecule has 0 radical (unpaired) electrons. The monoisotopic (exact) mass is 362 g/mol. The van der Waals surface area contributed by atoms with Crippen LogP contribution in [-0.2, 0) is 11.3 Å². The molecule has 1 N–H and O–H groups in total. The Morgan fingerprint density at radius 1 is 1.36 bits per heavy atom. The lowest BCUT2D eigenvalue weighted by Crippen LogP contribution is -2.10. The fourth-order valence-corrected chi connectivity index (χ4v) is 3.47. The molecule has 3 rings (SSSR count). The number of anilines is 1. The summed E-state index contributed by atoms with van der Waals surface area (Å²) in [4.78, 5) is 23.3. The van der Waals surface area contributed by atoms with Gasteiger partial charge >= 0.3 is 0 Å². The summed E-state index contributed by atoms with van der Waals surface area (Å²) < 4.78 is 16.1. The van der Waals surface area contributed by atoms with Gasteiger partial charge in [-0.05, 0) is 38.0 Å². The molecule has 1 aromatic heterocycles. The summed E-state index contributed by atoms with van der Waals surface area (Å²) >= 11 is 1.27. The van der Waals surface area contributed by atoms with Gasteiger partial charge in [0.15, 0.2) is 10.9 Å². The molecule has 8 heteroatoms. The van der Waals surface area contributed by atoms with E-state index in [-0.39, 0.29) is 23.0 Å². The molecule has 0 atom stereocenters. The van der Waals surface area contributed by atoms with Crippen molar-refractivity contribution in [3.8, 4) is 0 Å². The van der Waals surface area contributed by atoms with Crippen LogP contribution in [0.4, 0.5) is 10.1 Å². The quantitative estimate of drug-likeness (QED) is 0.604. The Bertz CT molecular complexity index is 817. The van der Waals surface area contributed by atoms with Gasteiger partial charge in [-0.1, -0.05) is 11.8 Å². The van der Waals surface area contributed by atoms with E-state index < -0.39 is 5.82 Å². The third kappa shape index (κ3) is 4.07. The predicted molar refractivity (Wildman–Crippen MR) is 93.4 cm³/mol. The second kappa shape index (κ2) is 7.35. The van der Waals surface area contributed by atoms with Crippen LogP contribution < -0.4 is 5.32 Å². The third-order valence-electron chi connectivity index (χ3n) is 3.93. The molecule has 0 aliphatic heterocycles. The van der Waals surface area contributed by atoms with Gasteiger partial charge in [0.1, 0.15) is 11.6 Å². The zero-order valence-corrected chi connectivity index (χ0v) is 14.9. The van der Waals surface area contributed by atoms with Gasteiger partial charge in [-0.25, -0.2) is 4.39 Å². The van der Waals surface area contributed by atoms with E-state index in [0.717, 1.165) is 31.3 Å². The van der Waals surface area contributed by atoms with Crippen molar-refractivity contribution in [1.82, 2.24) is 14.8 Å². The molecule has 1 heterocycles. The molecule has 0 bridgehead atoms. The molecule has 25 heavy (non-hydrogen) atoms. The van der Waals surface area contributed by atoms with Crippen LogP contribution in [0.3, 0.4) is 0 Å². The highest BCUT2D eigenvalue weighted by molar-refractivity contribution is 7.99. The molecule has 1 saturated carbocycles. The molecule has 1 aliphatic carbocycles. The molecule has 1 fully saturated rings. The van der Waals surface area contributed by atoms with Crippen LogP contribution in [0.15, 0.2) is 23.4 Å². The number of ketones is 1. The molecule has 1 aromatic carbocycles. The van der Waals surface area contributed by atoms with E-state index in [9.17, 15) is 14.0 Å². The molecule has 0 spiro atoms. The molecule has 1 aliphatic rings. The van der Waals surface area contributed by atoms with Crippen molar-refractivity contribution in [3.63, 3.8) is 0 Å². The zero-order valence-electron chi connectivity index (χ0n) is 14.1. The predicted octanol–water partition coefficient (Wildman–Crippen LogP) is 3.25. The Morgan fingerprint density at radius 3 is 2.72 bits per heavy atom. The number of Topliss-reactive ketones (excluding diaryl/α,β-unsaturated/α-hetero) is 1. The van der Waals surface area contributed by atoms with Gasteiger partial charge in [0.2, 0.25) is 5.91 Å². The fraction of sp³-hybridized carbons (Fsp3) is 0.412. The van der Waals surface area contributed by atoms with Gasteiger partial charge < -0.3 is 9.88 Å². The van der Waals surface area contributed by atoms with Crippen LogP contribution in [0.1, 0.15) is 48.8 Å². The molecule has 0 saturated heterocycles.